The van der Waals surface area contributed by atoms with E-state index in [0.717, 1.165) is 16.7 Å². The Kier molecular flexibility index (Phi) is 9.33. The van der Waals surface area contributed by atoms with Crippen molar-refractivity contribution in [2.45, 2.75) is 59.0 Å². The van der Waals surface area contributed by atoms with Crippen molar-refractivity contribution >= 4 is 46.0 Å². The van der Waals surface area contributed by atoms with Crippen LogP contribution in [0.4, 0.5) is 4.79 Å². The average molecular weight is 560 g/mol. The lowest BCUT2D eigenvalue weighted by Crippen LogP contribution is -2.36. The number of carbonyl (C=O) groups is 1. The predicted molar refractivity (Wildman–Crippen MR) is 156 cm³/mol. The van der Waals surface area contributed by atoms with Gasteiger partial charge in [-0.2, -0.15) is 0 Å². The van der Waals surface area contributed by atoms with Crippen LogP contribution >= 0.6 is 34.8 Å². The van der Waals surface area contributed by atoms with Crippen LogP contribution in [0.3, 0.4) is 0 Å². The number of hydrogen-bond acceptors (Lipinski definition) is 3. The molecular weight excluding hydrogens is 527 g/mol. The average Bonchev–Trinajstić information content (AvgIpc) is 2.82. The molecule has 1 amide bonds. The maximum absolute atomic E-state index is 12.9. The Hall–Kier alpha value is -2.53. The van der Waals surface area contributed by atoms with Crippen LogP contribution in [0, 0.1) is 0 Å². The Morgan fingerprint density at radius 1 is 0.865 bits per heavy atom. The van der Waals surface area contributed by atoms with E-state index in [1.165, 1.54) is 4.90 Å². The minimum Gasteiger partial charge on any atom is -0.493 e. The third-order valence-corrected chi connectivity index (χ3v) is 6.75. The normalized spacial score (nSPS) is 12.4. The summed E-state index contributed by atoms with van der Waals surface area (Å²) in [5, 5.41) is 0.602. The predicted octanol–water partition coefficient (Wildman–Crippen LogP) is 9.23. The quantitative estimate of drug-likeness (QED) is 0.125. The van der Waals surface area contributed by atoms with Gasteiger partial charge in [-0.25, -0.2) is 0 Å². The molecule has 0 N–H and O–H groups in total. The topological polar surface area (TPSA) is 41.9 Å². The first kappa shape index (κ1) is 29.0. The minimum atomic E-state index is -0.712. The van der Waals surface area contributed by atoms with Crippen LogP contribution in [0.1, 0.15) is 63.8 Å². The molecule has 196 valence electrons. The van der Waals surface area contributed by atoms with Gasteiger partial charge in [0, 0.05) is 10.0 Å². The molecule has 0 atom stereocenters. The summed E-state index contributed by atoms with van der Waals surface area (Å²) < 4.78 is 6.09. The van der Waals surface area contributed by atoms with Crippen molar-refractivity contribution in [2.24, 2.45) is 4.99 Å². The summed E-state index contributed by atoms with van der Waals surface area (Å²) in [6.45, 7) is 13.0. The number of aliphatic imine (C=N–C) groups is 1. The molecule has 0 aliphatic rings. The lowest BCUT2D eigenvalue weighted by atomic mass is 9.86. The minimum absolute atomic E-state index is 0.0877. The zero-order valence-corrected chi connectivity index (χ0v) is 24.4. The van der Waals surface area contributed by atoms with E-state index >= 15 is 0 Å². The molecule has 3 aromatic rings. The van der Waals surface area contributed by atoms with Crippen molar-refractivity contribution in [2.75, 3.05) is 6.61 Å². The largest absolute Gasteiger partial charge is 0.493 e. The molecule has 0 spiro atoms. The molecule has 0 heterocycles. The third kappa shape index (κ3) is 7.50. The second-order valence-electron chi connectivity index (χ2n) is 10.4. The van der Waals surface area contributed by atoms with Gasteiger partial charge in [0.2, 0.25) is 0 Å². The van der Waals surface area contributed by atoms with E-state index in [-0.39, 0.29) is 12.0 Å². The number of rotatable bonds is 7. The van der Waals surface area contributed by atoms with Crippen LogP contribution in [0.2, 0.25) is 10.0 Å². The molecular formula is C30H33Cl3N2O2. The van der Waals surface area contributed by atoms with Gasteiger partial charge < -0.3 is 4.74 Å². The van der Waals surface area contributed by atoms with Crippen LogP contribution in [0.15, 0.2) is 71.7 Å². The van der Waals surface area contributed by atoms with Gasteiger partial charge >= 0.3 is 5.37 Å². The van der Waals surface area contributed by atoms with Crippen molar-refractivity contribution in [3.05, 3.63) is 99.0 Å². The highest BCUT2D eigenvalue weighted by atomic mass is 35.5. The SMILES string of the molecule is CCOc1cc(C(C)(C)C)ccc1C(=NC(C)(C)c1ccc(Cl)cc1)N(Cc1ccc(Cl)cc1)C(=O)Cl. The van der Waals surface area contributed by atoms with E-state index in [9.17, 15) is 4.79 Å². The molecule has 0 saturated heterocycles. The summed E-state index contributed by atoms with van der Waals surface area (Å²) in [6, 6.07) is 20.8. The Balaban J connectivity index is 2.24. The summed E-state index contributed by atoms with van der Waals surface area (Å²) >= 11 is 18.4. The van der Waals surface area contributed by atoms with Crippen LogP contribution in [-0.4, -0.2) is 22.7 Å². The maximum Gasteiger partial charge on any atom is 0.322 e. The van der Waals surface area contributed by atoms with Crippen molar-refractivity contribution in [1.82, 2.24) is 4.90 Å². The molecule has 3 aromatic carbocycles. The van der Waals surface area contributed by atoms with Gasteiger partial charge in [-0.1, -0.05) is 74.3 Å². The lowest BCUT2D eigenvalue weighted by molar-refractivity contribution is 0.241. The van der Waals surface area contributed by atoms with Gasteiger partial charge in [-0.3, -0.25) is 14.7 Å². The standard InChI is InChI=1S/C30H33Cl3N2O2/c1-7-37-26-18-22(29(2,3)4)12-17-25(26)27(34-30(5,6)21-10-15-24(32)16-11-21)35(28(33)36)19-20-8-13-23(31)14-9-20/h8-18H,7,19H2,1-6H3. The maximum atomic E-state index is 12.9. The summed E-state index contributed by atoms with van der Waals surface area (Å²) in [7, 11) is 0. The number of hydrogen-bond donors (Lipinski definition) is 0. The number of ether oxygens (including phenoxy) is 1. The fourth-order valence-corrected chi connectivity index (χ4v) is 4.29. The molecule has 4 nitrogen and oxygen atoms in total. The van der Waals surface area contributed by atoms with Crippen LogP contribution < -0.4 is 4.74 Å². The molecule has 0 fully saturated rings. The van der Waals surface area contributed by atoms with Crippen LogP contribution in [0.5, 0.6) is 5.75 Å². The highest BCUT2D eigenvalue weighted by Gasteiger charge is 2.29. The molecule has 0 aromatic heterocycles. The molecule has 0 unspecified atom stereocenters. The van der Waals surface area contributed by atoms with Crippen molar-refractivity contribution < 1.29 is 9.53 Å². The second kappa shape index (κ2) is 11.9. The first-order valence-corrected chi connectivity index (χ1v) is 13.3. The Morgan fingerprint density at radius 3 is 1.92 bits per heavy atom. The first-order valence-electron chi connectivity index (χ1n) is 12.2. The molecule has 3 rings (SSSR count). The monoisotopic (exact) mass is 558 g/mol. The first-order chi connectivity index (χ1) is 17.3. The van der Waals surface area contributed by atoms with Crippen molar-refractivity contribution in [3.8, 4) is 5.75 Å². The van der Waals surface area contributed by atoms with E-state index in [1.54, 1.807) is 12.1 Å². The number of halogens is 3. The second-order valence-corrected chi connectivity index (χ2v) is 11.6. The van der Waals surface area contributed by atoms with Gasteiger partial charge in [-0.05, 0) is 90.9 Å². The molecule has 0 aliphatic heterocycles. The van der Waals surface area contributed by atoms with Gasteiger partial charge in [0.1, 0.15) is 11.6 Å². The van der Waals surface area contributed by atoms with E-state index < -0.39 is 10.9 Å². The molecule has 0 saturated carbocycles. The van der Waals surface area contributed by atoms with Gasteiger partial charge in [0.05, 0.1) is 24.3 Å². The molecule has 0 radical (unpaired) electrons. The molecule has 7 heteroatoms. The van der Waals surface area contributed by atoms with Crippen LogP contribution in [-0.2, 0) is 17.5 Å². The number of amidine groups is 1. The van der Waals surface area contributed by atoms with Gasteiger partial charge in [0.25, 0.3) is 0 Å². The number of nitrogens with zero attached hydrogens (tertiary/aromatic N) is 2. The highest BCUT2D eigenvalue weighted by molar-refractivity contribution is 6.64. The number of benzene rings is 3. The van der Waals surface area contributed by atoms with E-state index in [2.05, 4.69) is 20.8 Å². The van der Waals surface area contributed by atoms with E-state index in [4.69, 9.17) is 44.5 Å². The highest BCUT2D eigenvalue weighted by Crippen LogP contribution is 2.33. The molecule has 0 bridgehead atoms. The van der Waals surface area contributed by atoms with E-state index in [0.29, 0.717) is 33.8 Å². The van der Waals surface area contributed by atoms with Gasteiger partial charge in [-0.15, -0.1) is 0 Å². The zero-order valence-electron chi connectivity index (χ0n) is 22.1. The number of amides is 1. The number of carbonyl (C=O) groups excluding carboxylic acids is 1. The Labute approximate surface area is 235 Å². The zero-order chi connectivity index (χ0) is 27.4. The van der Waals surface area contributed by atoms with E-state index in [1.807, 2.05) is 75.4 Å². The summed E-state index contributed by atoms with van der Waals surface area (Å²) in [4.78, 5) is 19.5. The van der Waals surface area contributed by atoms with Crippen molar-refractivity contribution in [1.29, 1.82) is 0 Å². The van der Waals surface area contributed by atoms with Gasteiger partial charge in [0.15, 0.2) is 0 Å². The fourth-order valence-electron chi connectivity index (χ4n) is 3.89. The molecule has 37 heavy (non-hydrogen) atoms. The summed E-state index contributed by atoms with van der Waals surface area (Å²) in [5.74, 6) is 1.05. The summed E-state index contributed by atoms with van der Waals surface area (Å²) in [5.41, 5.74) is 2.79. The third-order valence-electron chi connectivity index (χ3n) is 6.05. The molecule has 0 aliphatic carbocycles. The Morgan fingerprint density at radius 2 is 1.41 bits per heavy atom. The summed E-state index contributed by atoms with van der Waals surface area (Å²) in [6.07, 6.45) is 0. The lowest BCUT2D eigenvalue weighted by Gasteiger charge is -2.29. The smallest absolute Gasteiger partial charge is 0.322 e. The fraction of sp³-hybridized carbons (Fsp3) is 0.333. The van der Waals surface area contributed by atoms with Crippen molar-refractivity contribution in [3.63, 3.8) is 0 Å². The van der Waals surface area contributed by atoms with Crippen LogP contribution in [0.25, 0.3) is 0 Å². The Bertz CT molecular complexity index is 1260.